The molecule has 39 heavy (non-hydrogen) atoms. The van der Waals surface area contributed by atoms with Gasteiger partial charge in [0.2, 0.25) is 0 Å². The fraction of sp³-hybridized carbons (Fsp3) is 0.500. The van der Waals surface area contributed by atoms with Crippen LogP contribution in [0.1, 0.15) is 54.7 Å². The molecule has 2 saturated heterocycles. The van der Waals surface area contributed by atoms with E-state index >= 15 is 0 Å². The maximum Gasteiger partial charge on any atom is 0.312 e. The fourth-order valence-electron chi connectivity index (χ4n) is 5.76. The normalized spacial score (nSPS) is 23.5. The molecular formula is C30H38N4O5. The first kappa shape index (κ1) is 27.3. The standard InChI is InChI=1S/C30H38N4O5/c35-26-10-16-34(28(37)25-19-22-7-1-2-9-24(22)32-25)15-6-4-11-30(29(38)39-21-27(26)36)12-17-33(18-13-30)20-23-8-3-5-14-31-23/h1-3,5,7-9,14,19,26-27,32,35-36H,4,6,10-13,15-18,20-21H2/t26-,27+/m0/s1. The number of esters is 1. The van der Waals surface area contributed by atoms with Gasteiger partial charge in [-0.2, -0.15) is 0 Å². The van der Waals surface area contributed by atoms with Crippen LogP contribution in [0.25, 0.3) is 10.9 Å². The van der Waals surface area contributed by atoms with Crippen molar-refractivity contribution >= 4 is 22.8 Å². The number of ether oxygens (including phenoxy) is 1. The van der Waals surface area contributed by atoms with Crippen molar-refractivity contribution in [3.05, 3.63) is 66.1 Å². The molecule has 2 aromatic heterocycles. The van der Waals surface area contributed by atoms with Gasteiger partial charge in [0.25, 0.3) is 5.91 Å². The predicted octanol–water partition coefficient (Wildman–Crippen LogP) is 3.13. The number of hydrogen-bond donors (Lipinski definition) is 3. The van der Waals surface area contributed by atoms with Crippen molar-refractivity contribution in [1.82, 2.24) is 19.8 Å². The number of likely N-dealkylation sites (tertiary alicyclic amines) is 1. The molecule has 1 aromatic carbocycles. The zero-order valence-corrected chi connectivity index (χ0v) is 22.3. The summed E-state index contributed by atoms with van der Waals surface area (Å²) in [6.07, 6.45) is 3.17. The summed E-state index contributed by atoms with van der Waals surface area (Å²) in [7, 11) is 0. The zero-order valence-electron chi connectivity index (χ0n) is 22.3. The number of pyridine rings is 1. The van der Waals surface area contributed by atoms with Crippen molar-refractivity contribution in [2.45, 2.75) is 57.3 Å². The van der Waals surface area contributed by atoms with Crippen LogP contribution in [-0.4, -0.2) is 86.9 Å². The van der Waals surface area contributed by atoms with E-state index in [9.17, 15) is 19.8 Å². The number of aliphatic hydroxyl groups excluding tert-OH is 2. The summed E-state index contributed by atoms with van der Waals surface area (Å²) in [4.78, 5) is 38.4. The molecule has 5 rings (SSSR count). The molecule has 1 spiro atoms. The van der Waals surface area contributed by atoms with Gasteiger partial charge in [0, 0.05) is 36.7 Å². The van der Waals surface area contributed by atoms with Crippen LogP contribution in [0.5, 0.6) is 0 Å². The summed E-state index contributed by atoms with van der Waals surface area (Å²) in [5.41, 5.74) is 1.77. The number of para-hydroxylation sites is 1. The van der Waals surface area contributed by atoms with Gasteiger partial charge in [-0.1, -0.05) is 30.7 Å². The minimum atomic E-state index is -1.21. The summed E-state index contributed by atoms with van der Waals surface area (Å²) in [5.74, 6) is -0.427. The van der Waals surface area contributed by atoms with Gasteiger partial charge in [-0.3, -0.25) is 19.5 Å². The van der Waals surface area contributed by atoms with Gasteiger partial charge in [-0.05, 0) is 69.5 Å². The van der Waals surface area contributed by atoms with E-state index in [2.05, 4.69) is 14.9 Å². The van der Waals surface area contributed by atoms with Crippen molar-refractivity contribution in [2.24, 2.45) is 5.41 Å². The number of aromatic amines is 1. The Bertz CT molecular complexity index is 1220. The largest absolute Gasteiger partial charge is 0.462 e. The first-order valence-electron chi connectivity index (χ1n) is 14.0. The Labute approximate surface area is 228 Å². The molecule has 0 saturated carbocycles. The lowest BCUT2D eigenvalue weighted by molar-refractivity contribution is -0.165. The molecule has 0 bridgehead atoms. The number of aromatic nitrogens is 2. The highest BCUT2D eigenvalue weighted by atomic mass is 16.5. The van der Waals surface area contributed by atoms with Gasteiger partial charge in [0.15, 0.2) is 0 Å². The number of carbonyl (C=O) groups excluding carboxylic acids is 2. The summed E-state index contributed by atoms with van der Waals surface area (Å²) in [5, 5.41) is 22.1. The number of amides is 1. The third-order valence-corrected chi connectivity index (χ3v) is 8.26. The number of H-pyrrole nitrogens is 1. The molecule has 9 heteroatoms. The lowest BCUT2D eigenvalue weighted by atomic mass is 9.74. The SMILES string of the molecule is O=C(c1cc2ccccc2[nH]1)N1CCCCC2(CCN(Cc3ccccn3)CC2)C(=O)OC[C@@H](O)[C@@H](O)CC1. The second-order valence-electron chi connectivity index (χ2n) is 10.9. The van der Waals surface area contributed by atoms with Crippen LogP contribution >= 0.6 is 0 Å². The van der Waals surface area contributed by atoms with Crippen molar-refractivity contribution in [1.29, 1.82) is 0 Å². The van der Waals surface area contributed by atoms with Crippen LogP contribution in [0.3, 0.4) is 0 Å². The monoisotopic (exact) mass is 534 g/mol. The Balaban J connectivity index is 1.27. The second-order valence-corrected chi connectivity index (χ2v) is 10.9. The van der Waals surface area contributed by atoms with Crippen LogP contribution in [-0.2, 0) is 16.1 Å². The predicted molar refractivity (Wildman–Crippen MR) is 147 cm³/mol. The molecule has 9 nitrogen and oxygen atoms in total. The summed E-state index contributed by atoms with van der Waals surface area (Å²) in [6.45, 7) is 2.79. The van der Waals surface area contributed by atoms with Gasteiger partial charge < -0.3 is 24.8 Å². The van der Waals surface area contributed by atoms with Crippen molar-refractivity contribution in [2.75, 3.05) is 32.8 Å². The van der Waals surface area contributed by atoms with E-state index in [1.54, 1.807) is 11.1 Å². The Morgan fingerprint density at radius 2 is 1.79 bits per heavy atom. The molecular weight excluding hydrogens is 496 g/mol. The lowest BCUT2D eigenvalue weighted by Gasteiger charge is -2.40. The van der Waals surface area contributed by atoms with E-state index in [1.165, 1.54) is 0 Å². The average Bonchev–Trinajstić information content (AvgIpc) is 3.40. The topological polar surface area (TPSA) is 119 Å². The average molecular weight is 535 g/mol. The Morgan fingerprint density at radius 1 is 1.00 bits per heavy atom. The number of nitrogens with one attached hydrogen (secondary N) is 1. The first-order valence-corrected chi connectivity index (χ1v) is 14.0. The van der Waals surface area contributed by atoms with Crippen molar-refractivity contribution < 1.29 is 24.5 Å². The van der Waals surface area contributed by atoms with Crippen LogP contribution in [0.15, 0.2) is 54.7 Å². The third kappa shape index (κ3) is 6.49. The van der Waals surface area contributed by atoms with Gasteiger partial charge in [0.1, 0.15) is 18.4 Å². The molecule has 208 valence electrons. The molecule has 2 atom stereocenters. The molecule has 0 aliphatic carbocycles. The van der Waals surface area contributed by atoms with Crippen molar-refractivity contribution in [3.8, 4) is 0 Å². The van der Waals surface area contributed by atoms with E-state index in [-0.39, 0.29) is 24.9 Å². The number of piperidine rings is 1. The highest BCUT2D eigenvalue weighted by Gasteiger charge is 2.42. The minimum Gasteiger partial charge on any atom is -0.462 e. The number of fused-ring (bicyclic) bond motifs is 1. The Kier molecular flexibility index (Phi) is 8.60. The van der Waals surface area contributed by atoms with Gasteiger partial charge in [-0.25, -0.2) is 0 Å². The molecule has 2 aliphatic rings. The zero-order chi connectivity index (χ0) is 27.2. The fourth-order valence-corrected chi connectivity index (χ4v) is 5.76. The van der Waals surface area contributed by atoms with Gasteiger partial charge in [-0.15, -0.1) is 0 Å². The van der Waals surface area contributed by atoms with Crippen LogP contribution in [0, 0.1) is 5.41 Å². The lowest BCUT2D eigenvalue weighted by Crippen LogP contribution is -2.46. The van der Waals surface area contributed by atoms with Gasteiger partial charge in [0.05, 0.1) is 17.2 Å². The molecule has 1 amide bonds. The summed E-state index contributed by atoms with van der Waals surface area (Å²) >= 11 is 0. The van der Waals surface area contributed by atoms with Gasteiger partial charge >= 0.3 is 5.97 Å². The van der Waals surface area contributed by atoms with Crippen LogP contribution in [0.4, 0.5) is 0 Å². The smallest absolute Gasteiger partial charge is 0.312 e. The number of hydrogen-bond acceptors (Lipinski definition) is 7. The van der Waals surface area contributed by atoms with E-state index in [0.29, 0.717) is 38.0 Å². The Hall–Kier alpha value is -3.27. The number of carbonyl (C=O) groups is 2. The Morgan fingerprint density at radius 3 is 2.56 bits per heavy atom. The number of benzene rings is 1. The number of rotatable bonds is 3. The number of nitrogens with zero attached hydrogens (tertiary/aromatic N) is 3. The number of cyclic esters (lactones) is 1. The van der Waals surface area contributed by atoms with Crippen molar-refractivity contribution in [3.63, 3.8) is 0 Å². The maximum atomic E-state index is 13.4. The quantitative estimate of drug-likeness (QED) is 0.442. The van der Waals surface area contributed by atoms with E-state index in [0.717, 1.165) is 49.1 Å². The number of aliphatic hydroxyl groups is 2. The molecule has 0 unspecified atom stereocenters. The molecule has 4 heterocycles. The molecule has 3 aromatic rings. The van der Waals surface area contributed by atoms with E-state index in [4.69, 9.17) is 4.74 Å². The molecule has 3 N–H and O–H groups in total. The molecule has 2 aliphatic heterocycles. The first-order chi connectivity index (χ1) is 18.9. The summed E-state index contributed by atoms with van der Waals surface area (Å²) < 4.78 is 5.60. The second kappa shape index (κ2) is 12.3. The minimum absolute atomic E-state index is 0.132. The van der Waals surface area contributed by atoms with E-state index < -0.39 is 17.6 Å². The van der Waals surface area contributed by atoms with Crippen LogP contribution < -0.4 is 0 Å². The highest BCUT2D eigenvalue weighted by molar-refractivity contribution is 5.98. The van der Waals surface area contributed by atoms with E-state index in [1.807, 2.05) is 48.5 Å². The molecule has 0 radical (unpaired) electrons. The molecule has 2 fully saturated rings. The maximum absolute atomic E-state index is 13.4. The van der Waals surface area contributed by atoms with Crippen LogP contribution in [0.2, 0.25) is 0 Å². The third-order valence-electron chi connectivity index (χ3n) is 8.26. The summed E-state index contributed by atoms with van der Waals surface area (Å²) in [6, 6.07) is 15.5. The highest BCUT2D eigenvalue weighted by Crippen LogP contribution is 2.38.